The van der Waals surface area contributed by atoms with Gasteiger partial charge in [0, 0.05) is 15.8 Å². The van der Waals surface area contributed by atoms with E-state index in [0.29, 0.717) is 32.7 Å². The van der Waals surface area contributed by atoms with Gasteiger partial charge in [0.05, 0.1) is 22.3 Å². The molecule has 1 aliphatic carbocycles. The Morgan fingerprint density at radius 3 is 2.69 bits per heavy atom. The van der Waals surface area contributed by atoms with Gasteiger partial charge in [0.25, 0.3) is 5.91 Å². The summed E-state index contributed by atoms with van der Waals surface area (Å²) in [5, 5.41) is 13.4. The van der Waals surface area contributed by atoms with Gasteiger partial charge in [-0.3, -0.25) is 4.79 Å². The van der Waals surface area contributed by atoms with Gasteiger partial charge in [0.15, 0.2) is 6.61 Å². The van der Waals surface area contributed by atoms with Crippen LogP contribution < -0.4 is 5.32 Å². The molecule has 0 saturated heterocycles. The Labute approximate surface area is 205 Å². The van der Waals surface area contributed by atoms with Crippen molar-refractivity contribution in [1.82, 2.24) is 4.98 Å². The van der Waals surface area contributed by atoms with Crippen molar-refractivity contribution in [3.05, 3.63) is 82.0 Å². The summed E-state index contributed by atoms with van der Waals surface area (Å²) in [5.74, 6) is -1.55. The van der Waals surface area contributed by atoms with Crippen molar-refractivity contribution in [2.24, 2.45) is 0 Å². The van der Waals surface area contributed by atoms with Crippen LogP contribution in [0.25, 0.3) is 22.2 Å². The largest absolute Gasteiger partial charge is 0.452 e. The topological polar surface area (TPSA) is 92.1 Å². The number of hydrogen-bond donors (Lipinski definition) is 1. The predicted octanol–water partition coefficient (Wildman–Crippen LogP) is 5.65. The Hall–Kier alpha value is -4.09. The van der Waals surface area contributed by atoms with E-state index < -0.39 is 18.5 Å². The molecule has 1 aliphatic rings. The lowest BCUT2D eigenvalue weighted by molar-refractivity contribution is -0.119. The van der Waals surface area contributed by atoms with E-state index in [2.05, 4.69) is 16.4 Å². The van der Waals surface area contributed by atoms with Gasteiger partial charge in [-0.2, -0.15) is 5.26 Å². The van der Waals surface area contributed by atoms with E-state index in [1.807, 2.05) is 0 Å². The quantitative estimate of drug-likeness (QED) is 0.369. The molecule has 0 atom stereocenters. The average molecular weight is 486 g/mol. The maximum Gasteiger partial charge on any atom is 0.339 e. The Bertz CT molecular complexity index is 1490. The average Bonchev–Trinajstić information content (AvgIpc) is 3.23. The molecule has 0 unspecified atom stereocenters. The maximum absolute atomic E-state index is 13.4. The van der Waals surface area contributed by atoms with Crippen LogP contribution in [0.1, 0.15) is 39.2 Å². The number of aromatic nitrogens is 1. The minimum absolute atomic E-state index is 0.257. The van der Waals surface area contributed by atoms with Crippen molar-refractivity contribution in [2.45, 2.75) is 25.7 Å². The van der Waals surface area contributed by atoms with E-state index in [9.17, 15) is 19.2 Å². The number of fused-ring (bicyclic) bond motifs is 2. The molecular weight excluding hydrogens is 465 g/mol. The molecule has 2 heterocycles. The molecule has 0 bridgehead atoms. The van der Waals surface area contributed by atoms with Gasteiger partial charge >= 0.3 is 5.97 Å². The molecule has 35 heavy (non-hydrogen) atoms. The molecule has 0 aliphatic heterocycles. The van der Waals surface area contributed by atoms with Crippen LogP contribution in [-0.2, 0) is 22.4 Å². The number of nitrogens with one attached hydrogen (secondary N) is 1. The third-order valence-electron chi connectivity index (χ3n) is 5.95. The highest BCUT2D eigenvalue weighted by molar-refractivity contribution is 7.16. The summed E-state index contributed by atoms with van der Waals surface area (Å²) in [6.07, 6.45) is 3.85. The Morgan fingerprint density at radius 1 is 1.11 bits per heavy atom. The first kappa shape index (κ1) is 22.7. The summed E-state index contributed by atoms with van der Waals surface area (Å²) in [4.78, 5) is 31.3. The highest BCUT2D eigenvalue weighted by atomic mass is 32.1. The fraction of sp³-hybridized carbons (Fsp3) is 0.185. The highest BCUT2D eigenvalue weighted by Crippen LogP contribution is 2.37. The number of anilines is 1. The van der Waals surface area contributed by atoms with E-state index in [1.54, 1.807) is 42.5 Å². The number of aryl methyl sites for hydroxylation is 1. The highest BCUT2D eigenvalue weighted by Gasteiger charge is 2.22. The lowest BCUT2D eigenvalue weighted by atomic mass is 9.96. The number of carbonyl (C=O) groups is 2. The van der Waals surface area contributed by atoms with Gasteiger partial charge < -0.3 is 10.1 Å². The summed E-state index contributed by atoms with van der Waals surface area (Å²) in [5.41, 5.74) is 3.50. The number of ether oxygens (including phenoxy) is 1. The summed E-state index contributed by atoms with van der Waals surface area (Å²) in [6, 6.07) is 16.7. The molecule has 8 heteroatoms. The second-order valence-electron chi connectivity index (χ2n) is 8.23. The molecule has 2 aromatic carbocycles. The van der Waals surface area contributed by atoms with Crippen LogP contribution in [0, 0.1) is 17.1 Å². The normalized spacial score (nSPS) is 12.6. The molecule has 0 spiro atoms. The number of hydrogen-bond acceptors (Lipinski definition) is 6. The maximum atomic E-state index is 13.4. The fourth-order valence-electron chi connectivity index (χ4n) is 4.26. The van der Waals surface area contributed by atoms with Crippen molar-refractivity contribution < 1.29 is 18.7 Å². The summed E-state index contributed by atoms with van der Waals surface area (Å²) in [7, 11) is 0. The first-order valence-electron chi connectivity index (χ1n) is 11.2. The number of thiophene rings is 1. The van der Waals surface area contributed by atoms with Crippen molar-refractivity contribution in [1.29, 1.82) is 5.26 Å². The molecule has 5 rings (SSSR count). The van der Waals surface area contributed by atoms with E-state index in [-0.39, 0.29) is 11.4 Å². The first-order valence-corrected chi connectivity index (χ1v) is 12.0. The van der Waals surface area contributed by atoms with Gasteiger partial charge in [0.1, 0.15) is 16.9 Å². The minimum atomic E-state index is -0.673. The van der Waals surface area contributed by atoms with Crippen molar-refractivity contribution in [3.63, 3.8) is 0 Å². The van der Waals surface area contributed by atoms with Crippen LogP contribution in [-0.4, -0.2) is 23.5 Å². The van der Waals surface area contributed by atoms with Gasteiger partial charge in [-0.25, -0.2) is 14.2 Å². The first-order chi connectivity index (χ1) is 17.0. The van der Waals surface area contributed by atoms with Gasteiger partial charge in [0.2, 0.25) is 0 Å². The molecule has 4 aromatic rings. The predicted molar refractivity (Wildman–Crippen MR) is 132 cm³/mol. The number of pyridine rings is 1. The molecule has 174 valence electrons. The Kier molecular flexibility index (Phi) is 6.25. The number of carbonyl (C=O) groups excluding carboxylic acids is 2. The van der Waals surface area contributed by atoms with E-state index in [0.717, 1.165) is 36.1 Å². The van der Waals surface area contributed by atoms with Crippen molar-refractivity contribution in [2.75, 3.05) is 11.9 Å². The molecule has 0 radical (unpaired) electrons. The van der Waals surface area contributed by atoms with Crippen LogP contribution in [0.15, 0.2) is 54.6 Å². The zero-order valence-electron chi connectivity index (χ0n) is 18.6. The van der Waals surface area contributed by atoms with E-state index in [1.165, 1.54) is 23.5 Å². The summed E-state index contributed by atoms with van der Waals surface area (Å²) < 4.78 is 18.7. The molecule has 0 fully saturated rings. The summed E-state index contributed by atoms with van der Waals surface area (Å²) in [6.45, 7) is -0.491. The number of rotatable bonds is 5. The number of amides is 1. The van der Waals surface area contributed by atoms with Crippen molar-refractivity contribution in [3.8, 4) is 17.3 Å². The molecular formula is C27H20FN3O3S. The van der Waals surface area contributed by atoms with Crippen LogP contribution in [0.4, 0.5) is 9.39 Å². The second kappa shape index (κ2) is 9.65. The van der Waals surface area contributed by atoms with Gasteiger partial charge in [-0.1, -0.05) is 18.2 Å². The van der Waals surface area contributed by atoms with E-state index in [4.69, 9.17) is 4.74 Å². The standard InChI is InChI=1S/C27H20FN3O3S/c28-17-11-9-16(10-12-17)23-13-20(18-5-1-3-7-22(18)30-23)27(33)34-15-25(32)31-26-21(14-29)19-6-2-4-8-24(19)35-26/h1,3,5,7,9-13H,2,4,6,8,15H2,(H,31,32). The third-order valence-corrected chi connectivity index (χ3v) is 7.15. The zero-order chi connectivity index (χ0) is 24.4. The zero-order valence-corrected chi connectivity index (χ0v) is 19.5. The van der Waals surface area contributed by atoms with Gasteiger partial charge in [-0.05, 0) is 67.6 Å². The summed E-state index contributed by atoms with van der Waals surface area (Å²) >= 11 is 1.42. The molecule has 2 aromatic heterocycles. The molecule has 0 saturated carbocycles. The number of benzene rings is 2. The molecule has 1 N–H and O–H groups in total. The smallest absolute Gasteiger partial charge is 0.339 e. The minimum Gasteiger partial charge on any atom is -0.452 e. The van der Waals surface area contributed by atoms with E-state index >= 15 is 0 Å². The van der Waals surface area contributed by atoms with Crippen molar-refractivity contribution >= 4 is 39.1 Å². The fourth-order valence-corrected chi connectivity index (χ4v) is 5.51. The third kappa shape index (κ3) is 4.63. The molecule has 1 amide bonds. The molecule has 6 nitrogen and oxygen atoms in total. The van der Waals surface area contributed by atoms with Crippen LogP contribution in [0.3, 0.4) is 0 Å². The number of nitrogens with zero attached hydrogens (tertiary/aromatic N) is 2. The second-order valence-corrected chi connectivity index (χ2v) is 9.34. The number of esters is 1. The SMILES string of the molecule is N#Cc1c(NC(=O)COC(=O)c2cc(-c3ccc(F)cc3)nc3ccccc23)sc2c1CCCC2. The number of nitriles is 1. The number of para-hydroxylation sites is 1. The Balaban J connectivity index is 1.35. The van der Waals surface area contributed by atoms with Gasteiger partial charge in [-0.15, -0.1) is 11.3 Å². The number of halogens is 1. The monoisotopic (exact) mass is 485 g/mol. The van der Waals surface area contributed by atoms with Crippen LogP contribution in [0.5, 0.6) is 0 Å². The van der Waals surface area contributed by atoms with Crippen LogP contribution >= 0.6 is 11.3 Å². The lowest BCUT2D eigenvalue weighted by Crippen LogP contribution is -2.21. The Morgan fingerprint density at radius 2 is 1.89 bits per heavy atom. The van der Waals surface area contributed by atoms with Crippen LogP contribution in [0.2, 0.25) is 0 Å². The lowest BCUT2D eigenvalue weighted by Gasteiger charge is -2.10.